The SMILES string of the molecule is CCNC(=NCc1cccc(-c2ncn[nH]2)c1)N1CCC(COC)C1.I. The van der Waals surface area contributed by atoms with Gasteiger partial charge in [0, 0.05) is 38.2 Å². The molecule has 7 nitrogen and oxygen atoms in total. The molecule has 1 aliphatic rings. The summed E-state index contributed by atoms with van der Waals surface area (Å²) < 4.78 is 5.29. The average Bonchev–Trinajstić information content (AvgIpc) is 3.31. The summed E-state index contributed by atoms with van der Waals surface area (Å²) in [5.41, 5.74) is 2.17. The Hall–Kier alpha value is -1.68. The number of methoxy groups -OCH3 is 1. The number of nitrogens with zero attached hydrogens (tertiary/aromatic N) is 4. The van der Waals surface area contributed by atoms with Crippen LogP contribution in [0.1, 0.15) is 18.9 Å². The number of likely N-dealkylation sites (tertiary alicyclic amines) is 1. The van der Waals surface area contributed by atoms with Gasteiger partial charge in [0.25, 0.3) is 0 Å². The lowest BCUT2D eigenvalue weighted by molar-refractivity contribution is 0.157. The lowest BCUT2D eigenvalue weighted by atomic mass is 10.1. The highest BCUT2D eigenvalue weighted by Gasteiger charge is 2.24. The Balaban J connectivity index is 0.00000243. The van der Waals surface area contributed by atoms with Crippen molar-refractivity contribution in [3.8, 4) is 11.4 Å². The summed E-state index contributed by atoms with van der Waals surface area (Å²) in [4.78, 5) is 11.4. The number of nitrogens with one attached hydrogen (secondary N) is 2. The number of rotatable bonds is 6. The predicted octanol–water partition coefficient (Wildman–Crippen LogP) is 2.52. The number of aromatic amines is 1. The molecule has 1 aromatic heterocycles. The minimum Gasteiger partial charge on any atom is -0.384 e. The molecule has 1 aromatic carbocycles. The normalized spacial score (nSPS) is 17.2. The van der Waals surface area contributed by atoms with Crippen molar-refractivity contribution in [2.45, 2.75) is 19.9 Å². The first-order valence-corrected chi connectivity index (χ1v) is 8.77. The van der Waals surface area contributed by atoms with Crippen molar-refractivity contribution in [3.63, 3.8) is 0 Å². The third-order valence-electron chi connectivity index (χ3n) is 4.35. The molecule has 1 saturated heterocycles. The Kier molecular flexibility index (Phi) is 8.30. The second-order valence-corrected chi connectivity index (χ2v) is 6.26. The fraction of sp³-hybridized carbons (Fsp3) is 0.500. The molecule has 26 heavy (non-hydrogen) atoms. The Morgan fingerprint density at radius 1 is 1.46 bits per heavy atom. The van der Waals surface area contributed by atoms with Gasteiger partial charge < -0.3 is 15.0 Å². The maximum Gasteiger partial charge on any atom is 0.194 e. The van der Waals surface area contributed by atoms with Crippen LogP contribution in [0.15, 0.2) is 35.6 Å². The fourth-order valence-corrected chi connectivity index (χ4v) is 3.15. The monoisotopic (exact) mass is 470 g/mol. The maximum atomic E-state index is 5.29. The van der Waals surface area contributed by atoms with Gasteiger partial charge in [0.2, 0.25) is 0 Å². The minimum atomic E-state index is 0. The number of halogens is 1. The van der Waals surface area contributed by atoms with Gasteiger partial charge in [-0.2, -0.15) is 5.10 Å². The molecule has 0 saturated carbocycles. The number of ether oxygens (including phenoxy) is 1. The van der Waals surface area contributed by atoms with Crippen LogP contribution < -0.4 is 5.32 Å². The number of hydrogen-bond donors (Lipinski definition) is 2. The van der Waals surface area contributed by atoms with E-state index in [4.69, 9.17) is 9.73 Å². The van der Waals surface area contributed by atoms with Crippen molar-refractivity contribution in [2.75, 3.05) is 33.4 Å². The number of aliphatic imine (C=N–C) groups is 1. The molecule has 0 bridgehead atoms. The molecule has 0 aliphatic carbocycles. The molecule has 0 radical (unpaired) electrons. The first-order chi connectivity index (χ1) is 12.3. The lowest BCUT2D eigenvalue weighted by Crippen LogP contribution is -2.40. The quantitative estimate of drug-likeness (QED) is 0.386. The summed E-state index contributed by atoms with van der Waals surface area (Å²) in [7, 11) is 1.77. The van der Waals surface area contributed by atoms with Crippen LogP contribution >= 0.6 is 24.0 Å². The van der Waals surface area contributed by atoms with Crippen molar-refractivity contribution in [3.05, 3.63) is 36.2 Å². The molecule has 1 atom stereocenters. The Morgan fingerprint density at radius 3 is 3.08 bits per heavy atom. The van der Waals surface area contributed by atoms with Crippen LogP contribution in [-0.2, 0) is 11.3 Å². The Morgan fingerprint density at radius 2 is 2.35 bits per heavy atom. The van der Waals surface area contributed by atoms with E-state index in [9.17, 15) is 0 Å². The van der Waals surface area contributed by atoms with Crippen molar-refractivity contribution in [1.29, 1.82) is 0 Å². The summed E-state index contributed by atoms with van der Waals surface area (Å²) in [5.74, 6) is 2.34. The van der Waals surface area contributed by atoms with Crippen LogP contribution in [0.2, 0.25) is 0 Å². The van der Waals surface area contributed by atoms with Crippen LogP contribution in [0.25, 0.3) is 11.4 Å². The minimum absolute atomic E-state index is 0. The standard InChI is InChI=1S/C18H26N6O.HI/c1-3-19-18(24-8-7-15(11-24)12-25-2)20-10-14-5-4-6-16(9-14)17-21-13-22-23-17;/h4-6,9,13,15H,3,7-8,10-12H2,1-2H3,(H,19,20)(H,21,22,23);1H. The van der Waals surface area contributed by atoms with Gasteiger partial charge in [-0.25, -0.2) is 9.98 Å². The molecule has 2 aromatic rings. The molecule has 0 spiro atoms. The third-order valence-corrected chi connectivity index (χ3v) is 4.35. The highest BCUT2D eigenvalue weighted by molar-refractivity contribution is 14.0. The van der Waals surface area contributed by atoms with Crippen LogP contribution in [0.5, 0.6) is 0 Å². The topological polar surface area (TPSA) is 78.4 Å². The zero-order valence-corrected chi connectivity index (χ0v) is 17.6. The van der Waals surface area contributed by atoms with Gasteiger partial charge in [0.05, 0.1) is 13.2 Å². The van der Waals surface area contributed by atoms with Crippen LogP contribution in [-0.4, -0.2) is 59.4 Å². The zero-order chi connectivity index (χ0) is 17.5. The number of aromatic nitrogens is 3. The number of H-pyrrole nitrogens is 1. The van der Waals surface area contributed by atoms with Gasteiger partial charge in [-0.1, -0.05) is 18.2 Å². The Bertz CT molecular complexity index is 691. The first kappa shape index (κ1) is 20.6. The zero-order valence-electron chi connectivity index (χ0n) is 15.3. The highest BCUT2D eigenvalue weighted by atomic mass is 127. The van der Waals surface area contributed by atoms with E-state index >= 15 is 0 Å². The van der Waals surface area contributed by atoms with E-state index in [1.165, 1.54) is 6.33 Å². The van der Waals surface area contributed by atoms with Gasteiger partial charge in [-0.15, -0.1) is 24.0 Å². The Labute approximate surface area is 171 Å². The number of benzene rings is 1. The molecule has 2 N–H and O–H groups in total. The highest BCUT2D eigenvalue weighted by Crippen LogP contribution is 2.18. The predicted molar refractivity (Wildman–Crippen MR) is 114 cm³/mol. The summed E-state index contributed by atoms with van der Waals surface area (Å²) in [6.45, 7) is 6.44. The van der Waals surface area contributed by atoms with Crippen molar-refractivity contribution < 1.29 is 4.74 Å². The van der Waals surface area contributed by atoms with E-state index in [0.29, 0.717) is 12.5 Å². The smallest absolute Gasteiger partial charge is 0.194 e. The van der Waals surface area contributed by atoms with Crippen molar-refractivity contribution in [1.82, 2.24) is 25.4 Å². The molecule has 1 fully saturated rings. The van der Waals surface area contributed by atoms with E-state index in [-0.39, 0.29) is 24.0 Å². The van der Waals surface area contributed by atoms with E-state index in [1.807, 2.05) is 12.1 Å². The van der Waals surface area contributed by atoms with Gasteiger partial charge in [0.15, 0.2) is 11.8 Å². The first-order valence-electron chi connectivity index (χ1n) is 8.77. The van der Waals surface area contributed by atoms with Gasteiger partial charge in [-0.05, 0) is 25.0 Å². The van der Waals surface area contributed by atoms with Gasteiger partial charge >= 0.3 is 0 Å². The average molecular weight is 470 g/mol. The van der Waals surface area contributed by atoms with Gasteiger partial charge in [0.1, 0.15) is 6.33 Å². The molecule has 3 rings (SSSR count). The second-order valence-electron chi connectivity index (χ2n) is 6.26. The van der Waals surface area contributed by atoms with E-state index in [2.05, 4.69) is 44.5 Å². The van der Waals surface area contributed by atoms with Crippen LogP contribution in [0.3, 0.4) is 0 Å². The molecular formula is C18H27IN6O. The number of hydrogen-bond acceptors (Lipinski definition) is 4. The lowest BCUT2D eigenvalue weighted by Gasteiger charge is -2.21. The van der Waals surface area contributed by atoms with E-state index in [1.54, 1.807) is 7.11 Å². The molecular weight excluding hydrogens is 443 g/mol. The molecule has 1 unspecified atom stereocenters. The molecule has 142 valence electrons. The third kappa shape index (κ3) is 5.41. The fourth-order valence-electron chi connectivity index (χ4n) is 3.15. The summed E-state index contributed by atoms with van der Waals surface area (Å²) in [6, 6.07) is 8.24. The maximum absolute atomic E-state index is 5.29. The summed E-state index contributed by atoms with van der Waals surface area (Å²) >= 11 is 0. The molecule has 2 heterocycles. The van der Waals surface area contributed by atoms with E-state index in [0.717, 1.165) is 55.6 Å². The van der Waals surface area contributed by atoms with E-state index < -0.39 is 0 Å². The summed E-state index contributed by atoms with van der Waals surface area (Å²) in [6.07, 6.45) is 2.67. The molecule has 1 aliphatic heterocycles. The van der Waals surface area contributed by atoms with Crippen LogP contribution in [0, 0.1) is 5.92 Å². The van der Waals surface area contributed by atoms with Crippen LogP contribution in [0.4, 0.5) is 0 Å². The van der Waals surface area contributed by atoms with Crippen molar-refractivity contribution >= 4 is 29.9 Å². The second kappa shape index (κ2) is 10.5. The summed E-state index contributed by atoms with van der Waals surface area (Å²) in [5, 5.41) is 10.2. The van der Waals surface area contributed by atoms with Crippen molar-refractivity contribution in [2.24, 2.45) is 10.9 Å². The number of guanidine groups is 1. The van der Waals surface area contributed by atoms with Gasteiger partial charge in [-0.3, -0.25) is 5.10 Å². The molecule has 0 amide bonds. The molecule has 8 heteroatoms. The largest absolute Gasteiger partial charge is 0.384 e.